The average molecular weight is 279 g/mol. The molecule has 108 valence electrons. The molecule has 0 radical (unpaired) electrons. The standard InChI is InChI=1S/C18H21N3/c1-2-3-4-5-6-9-15-10-7-11-16(17(15)14-19)18-20-12-8-13-21-18/h7-8,10-13H,2-6,9H2,1H3. The first kappa shape index (κ1) is 15.2. The lowest BCUT2D eigenvalue weighted by atomic mass is 9.96. The Morgan fingerprint density at radius 1 is 1.00 bits per heavy atom. The zero-order valence-corrected chi connectivity index (χ0v) is 12.5. The third-order valence-electron chi connectivity index (χ3n) is 3.62. The van der Waals surface area contributed by atoms with Crippen LogP contribution < -0.4 is 0 Å². The quantitative estimate of drug-likeness (QED) is 0.700. The van der Waals surface area contributed by atoms with Crippen LogP contribution in [0.4, 0.5) is 0 Å². The minimum absolute atomic E-state index is 0.627. The monoisotopic (exact) mass is 279 g/mol. The summed E-state index contributed by atoms with van der Waals surface area (Å²) in [7, 11) is 0. The summed E-state index contributed by atoms with van der Waals surface area (Å²) in [6.45, 7) is 2.22. The first-order valence-electron chi connectivity index (χ1n) is 7.66. The van der Waals surface area contributed by atoms with E-state index < -0.39 is 0 Å². The van der Waals surface area contributed by atoms with Crippen LogP contribution in [-0.4, -0.2) is 9.97 Å². The second-order valence-corrected chi connectivity index (χ2v) is 5.19. The fraction of sp³-hybridized carbons (Fsp3) is 0.389. The molecule has 2 aromatic rings. The van der Waals surface area contributed by atoms with Gasteiger partial charge in [0.15, 0.2) is 5.82 Å². The van der Waals surface area contributed by atoms with Gasteiger partial charge in [-0.3, -0.25) is 0 Å². The Kier molecular flexibility index (Phi) is 5.90. The van der Waals surface area contributed by atoms with Crippen molar-refractivity contribution in [1.82, 2.24) is 9.97 Å². The molecule has 2 rings (SSSR count). The maximum absolute atomic E-state index is 9.50. The summed E-state index contributed by atoms with van der Waals surface area (Å²) in [5.41, 5.74) is 2.67. The first-order chi connectivity index (χ1) is 10.4. The van der Waals surface area contributed by atoms with E-state index in [1.54, 1.807) is 18.5 Å². The lowest BCUT2D eigenvalue weighted by Gasteiger charge is -2.08. The number of rotatable bonds is 7. The molecule has 0 bridgehead atoms. The van der Waals surface area contributed by atoms with Crippen molar-refractivity contribution in [3.05, 3.63) is 47.8 Å². The molecule has 0 unspecified atom stereocenters. The maximum Gasteiger partial charge on any atom is 0.160 e. The molecule has 0 saturated heterocycles. The topological polar surface area (TPSA) is 49.6 Å². The molecule has 0 fully saturated rings. The summed E-state index contributed by atoms with van der Waals surface area (Å²) < 4.78 is 0. The van der Waals surface area contributed by atoms with Crippen molar-refractivity contribution >= 4 is 0 Å². The van der Waals surface area contributed by atoms with Crippen LogP contribution in [0.25, 0.3) is 11.4 Å². The Balaban J connectivity index is 2.14. The molecular formula is C18H21N3. The van der Waals surface area contributed by atoms with E-state index in [9.17, 15) is 5.26 Å². The van der Waals surface area contributed by atoms with Gasteiger partial charge in [-0.25, -0.2) is 9.97 Å². The highest BCUT2D eigenvalue weighted by molar-refractivity contribution is 5.66. The van der Waals surface area contributed by atoms with Crippen LogP contribution in [0, 0.1) is 11.3 Å². The van der Waals surface area contributed by atoms with Gasteiger partial charge in [0.05, 0.1) is 5.56 Å². The number of nitrogens with zero attached hydrogens (tertiary/aromatic N) is 3. The molecule has 1 heterocycles. The average Bonchev–Trinajstić information content (AvgIpc) is 2.55. The van der Waals surface area contributed by atoms with Crippen LogP contribution in [0.5, 0.6) is 0 Å². The molecule has 0 atom stereocenters. The van der Waals surface area contributed by atoms with Gasteiger partial charge in [-0.2, -0.15) is 5.26 Å². The summed E-state index contributed by atoms with van der Waals surface area (Å²) in [4.78, 5) is 8.51. The minimum Gasteiger partial charge on any atom is -0.237 e. The Labute approximate surface area is 126 Å². The largest absolute Gasteiger partial charge is 0.237 e. The lowest BCUT2D eigenvalue weighted by Crippen LogP contribution is -1.96. The number of hydrogen-bond donors (Lipinski definition) is 0. The van der Waals surface area contributed by atoms with E-state index in [2.05, 4.69) is 23.0 Å². The third kappa shape index (κ3) is 4.13. The van der Waals surface area contributed by atoms with Crippen molar-refractivity contribution in [3.63, 3.8) is 0 Å². The molecule has 1 aromatic carbocycles. The van der Waals surface area contributed by atoms with Gasteiger partial charge in [0, 0.05) is 18.0 Å². The van der Waals surface area contributed by atoms with Gasteiger partial charge in [0.25, 0.3) is 0 Å². The fourth-order valence-corrected chi connectivity index (χ4v) is 2.48. The Hall–Kier alpha value is -2.21. The van der Waals surface area contributed by atoms with E-state index in [0.29, 0.717) is 5.82 Å². The summed E-state index contributed by atoms with van der Waals surface area (Å²) in [6.07, 6.45) is 10.6. The number of nitriles is 1. The molecule has 21 heavy (non-hydrogen) atoms. The predicted octanol–water partition coefficient (Wildman–Crippen LogP) is 4.53. The van der Waals surface area contributed by atoms with Crippen LogP contribution in [0.2, 0.25) is 0 Å². The van der Waals surface area contributed by atoms with Gasteiger partial charge in [-0.1, -0.05) is 44.7 Å². The van der Waals surface area contributed by atoms with Crippen molar-refractivity contribution in [3.8, 4) is 17.5 Å². The second kappa shape index (κ2) is 8.16. The summed E-state index contributed by atoms with van der Waals surface area (Å²) in [5.74, 6) is 0.627. The zero-order chi connectivity index (χ0) is 14.9. The van der Waals surface area contributed by atoms with Crippen LogP contribution >= 0.6 is 0 Å². The van der Waals surface area contributed by atoms with Crippen LogP contribution in [0.1, 0.15) is 50.2 Å². The van der Waals surface area contributed by atoms with Gasteiger partial charge >= 0.3 is 0 Å². The minimum atomic E-state index is 0.627. The molecule has 3 heteroatoms. The summed E-state index contributed by atoms with van der Waals surface area (Å²) in [6, 6.07) is 10.1. The highest BCUT2D eigenvalue weighted by Crippen LogP contribution is 2.24. The van der Waals surface area contributed by atoms with E-state index in [1.165, 1.54) is 25.7 Å². The third-order valence-corrected chi connectivity index (χ3v) is 3.62. The fourth-order valence-electron chi connectivity index (χ4n) is 2.48. The van der Waals surface area contributed by atoms with Crippen molar-refractivity contribution in [2.24, 2.45) is 0 Å². The van der Waals surface area contributed by atoms with Gasteiger partial charge in [0.1, 0.15) is 6.07 Å². The Morgan fingerprint density at radius 3 is 2.48 bits per heavy atom. The molecule has 0 aliphatic rings. The zero-order valence-electron chi connectivity index (χ0n) is 12.5. The van der Waals surface area contributed by atoms with Gasteiger partial charge < -0.3 is 0 Å². The van der Waals surface area contributed by atoms with Crippen LogP contribution in [0.3, 0.4) is 0 Å². The highest BCUT2D eigenvalue weighted by Gasteiger charge is 2.11. The molecule has 1 aromatic heterocycles. The van der Waals surface area contributed by atoms with E-state index in [4.69, 9.17) is 0 Å². The highest BCUT2D eigenvalue weighted by atomic mass is 14.9. The molecule has 0 amide bonds. The van der Waals surface area contributed by atoms with Crippen molar-refractivity contribution in [2.75, 3.05) is 0 Å². The number of hydrogen-bond acceptors (Lipinski definition) is 3. The summed E-state index contributed by atoms with van der Waals surface area (Å²) in [5, 5.41) is 9.50. The van der Waals surface area contributed by atoms with Gasteiger partial charge in [0.2, 0.25) is 0 Å². The Bertz CT molecular complexity index is 600. The molecule has 3 nitrogen and oxygen atoms in total. The van der Waals surface area contributed by atoms with E-state index in [1.807, 2.05) is 18.2 Å². The molecule has 0 aliphatic carbocycles. The van der Waals surface area contributed by atoms with Gasteiger partial charge in [-0.05, 0) is 30.5 Å². The van der Waals surface area contributed by atoms with Crippen LogP contribution in [-0.2, 0) is 6.42 Å². The molecular weight excluding hydrogens is 258 g/mol. The smallest absolute Gasteiger partial charge is 0.160 e. The predicted molar refractivity (Wildman–Crippen MR) is 84.6 cm³/mol. The molecule has 0 aliphatic heterocycles. The molecule has 0 saturated carbocycles. The first-order valence-corrected chi connectivity index (χ1v) is 7.66. The number of benzene rings is 1. The summed E-state index contributed by atoms with van der Waals surface area (Å²) >= 11 is 0. The number of unbranched alkanes of at least 4 members (excludes halogenated alkanes) is 4. The number of aromatic nitrogens is 2. The normalized spacial score (nSPS) is 10.3. The van der Waals surface area contributed by atoms with E-state index >= 15 is 0 Å². The van der Waals surface area contributed by atoms with E-state index in [-0.39, 0.29) is 0 Å². The maximum atomic E-state index is 9.50. The molecule has 0 spiro atoms. The van der Waals surface area contributed by atoms with Crippen molar-refractivity contribution < 1.29 is 0 Å². The lowest BCUT2D eigenvalue weighted by molar-refractivity contribution is 0.632. The Morgan fingerprint density at radius 2 is 1.76 bits per heavy atom. The van der Waals surface area contributed by atoms with Crippen molar-refractivity contribution in [2.45, 2.75) is 45.4 Å². The number of aryl methyl sites for hydroxylation is 1. The van der Waals surface area contributed by atoms with Gasteiger partial charge in [-0.15, -0.1) is 0 Å². The second-order valence-electron chi connectivity index (χ2n) is 5.19. The van der Waals surface area contributed by atoms with Crippen molar-refractivity contribution in [1.29, 1.82) is 5.26 Å². The molecule has 0 N–H and O–H groups in total. The van der Waals surface area contributed by atoms with E-state index in [0.717, 1.165) is 29.5 Å². The van der Waals surface area contributed by atoms with Crippen LogP contribution in [0.15, 0.2) is 36.7 Å². The SMILES string of the molecule is CCCCCCCc1cccc(-c2ncccn2)c1C#N.